The topological polar surface area (TPSA) is 120 Å². The molecule has 2 heterocycles. The first-order chi connectivity index (χ1) is 17.3. The van der Waals surface area contributed by atoms with Crippen molar-refractivity contribution >= 4 is 21.0 Å². The van der Waals surface area contributed by atoms with Crippen LogP contribution in [0.15, 0.2) is 48.5 Å². The lowest BCUT2D eigenvalue weighted by atomic mass is 9.96. The second kappa shape index (κ2) is 10.8. The molecule has 0 aliphatic carbocycles. The van der Waals surface area contributed by atoms with Crippen LogP contribution in [0, 0.1) is 11.3 Å². The van der Waals surface area contributed by atoms with Gasteiger partial charge in [0.25, 0.3) is 15.1 Å². The molecule has 0 atom stereocenters. The fraction of sp³-hybridized carbons (Fsp3) is 0.423. The minimum absolute atomic E-state index is 0.0852. The molecule has 2 saturated heterocycles. The first kappa shape index (κ1) is 25.8. The summed E-state index contributed by atoms with van der Waals surface area (Å²) in [4.78, 5) is 27.3. The highest BCUT2D eigenvalue weighted by molar-refractivity contribution is 8.04. The van der Waals surface area contributed by atoms with E-state index in [0.717, 1.165) is 18.4 Å². The van der Waals surface area contributed by atoms with Crippen LogP contribution in [0.1, 0.15) is 54.1 Å². The lowest BCUT2D eigenvalue weighted by Crippen LogP contribution is -2.59. The summed E-state index contributed by atoms with van der Waals surface area (Å²) in [5.41, 5.74) is 0.609. The number of nitrogens with zero attached hydrogens (tertiary/aromatic N) is 3. The first-order valence-corrected chi connectivity index (χ1v) is 13.6. The Bertz CT molecular complexity index is 1260. The van der Waals surface area contributed by atoms with E-state index in [1.807, 2.05) is 12.1 Å². The van der Waals surface area contributed by atoms with Gasteiger partial charge in [0.05, 0.1) is 30.4 Å². The summed E-state index contributed by atoms with van der Waals surface area (Å²) in [6, 6.07) is 15.4. The van der Waals surface area contributed by atoms with Crippen molar-refractivity contribution in [1.82, 2.24) is 14.5 Å². The molecule has 1 N–H and O–H groups in total. The summed E-state index contributed by atoms with van der Waals surface area (Å²) in [5.74, 6) is 0.490. The number of piperidine rings is 1. The number of hydrogen-bond acceptors (Lipinski definition) is 7. The lowest BCUT2D eigenvalue weighted by Gasteiger charge is -2.44. The van der Waals surface area contributed by atoms with Crippen molar-refractivity contribution in [1.29, 1.82) is 5.26 Å². The molecule has 36 heavy (non-hydrogen) atoms. The minimum atomic E-state index is -4.22. The van der Waals surface area contributed by atoms with Gasteiger partial charge in [-0.25, -0.2) is 8.42 Å². The summed E-state index contributed by atoms with van der Waals surface area (Å²) < 4.78 is 33.0. The van der Waals surface area contributed by atoms with E-state index in [2.05, 4.69) is 18.3 Å². The predicted molar refractivity (Wildman–Crippen MR) is 133 cm³/mol. The molecule has 0 aromatic heterocycles. The van der Waals surface area contributed by atoms with Gasteiger partial charge in [-0.05, 0) is 55.2 Å². The van der Waals surface area contributed by atoms with Crippen molar-refractivity contribution in [3.05, 3.63) is 65.2 Å². The quantitative estimate of drug-likeness (QED) is 0.542. The van der Waals surface area contributed by atoms with E-state index in [-0.39, 0.29) is 37.6 Å². The van der Waals surface area contributed by atoms with Gasteiger partial charge >= 0.3 is 0 Å². The number of nitriles is 1. The first-order valence-electron chi connectivity index (χ1n) is 12.1. The number of unbranched alkanes of at least 4 members (excludes halogenated alkanes) is 1. The number of nitrogens with one attached hydrogen (secondary N) is 1. The Kier molecular flexibility index (Phi) is 7.73. The number of carbonyl (C=O) groups is 2. The normalized spacial score (nSPS) is 17.8. The van der Waals surface area contributed by atoms with Crippen LogP contribution in [0.5, 0.6) is 5.75 Å². The molecule has 2 aliphatic heterocycles. The standard InChI is InChI=1S/C26H30N4O5S/c1-2-3-16-35-23-10-8-20(9-11-23)25(32)36(33,34)29-14-12-26(13-15-29)28-18-24(31)30(26)19-22-7-5-4-6-21(22)17-27/h4-11,28H,2-3,12-16,18-19H2,1H3. The molecule has 0 unspecified atom stereocenters. The summed E-state index contributed by atoms with van der Waals surface area (Å²) in [5, 5.41) is 11.7. The minimum Gasteiger partial charge on any atom is -0.494 e. The summed E-state index contributed by atoms with van der Waals surface area (Å²) in [7, 11) is -4.22. The molecule has 2 aromatic rings. The molecular formula is C26H30N4O5S. The van der Waals surface area contributed by atoms with Gasteiger partial charge in [-0.1, -0.05) is 31.5 Å². The van der Waals surface area contributed by atoms with Crippen molar-refractivity contribution in [3.63, 3.8) is 0 Å². The van der Waals surface area contributed by atoms with E-state index in [9.17, 15) is 23.3 Å². The van der Waals surface area contributed by atoms with Crippen LogP contribution in [-0.4, -0.2) is 60.5 Å². The van der Waals surface area contributed by atoms with Gasteiger partial charge in [-0.15, -0.1) is 0 Å². The summed E-state index contributed by atoms with van der Waals surface area (Å²) in [6.07, 6.45) is 2.59. The number of hydrogen-bond donors (Lipinski definition) is 1. The smallest absolute Gasteiger partial charge is 0.291 e. The van der Waals surface area contributed by atoms with Crippen molar-refractivity contribution in [2.24, 2.45) is 0 Å². The molecular weight excluding hydrogens is 480 g/mol. The van der Waals surface area contributed by atoms with Crippen LogP contribution in [-0.2, 0) is 21.4 Å². The Morgan fingerprint density at radius 2 is 1.83 bits per heavy atom. The van der Waals surface area contributed by atoms with E-state index >= 15 is 0 Å². The van der Waals surface area contributed by atoms with E-state index in [0.29, 0.717) is 30.8 Å². The highest BCUT2D eigenvalue weighted by Gasteiger charge is 2.49. The molecule has 190 valence electrons. The SMILES string of the molecule is CCCCOc1ccc(C(=O)S(=O)(=O)N2CCC3(CC2)NCC(=O)N3Cc2ccccc2C#N)cc1. The second-order valence-electron chi connectivity index (χ2n) is 9.05. The largest absolute Gasteiger partial charge is 0.494 e. The number of benzene rings is 2. The maximum atomic E-state index is 13.1. The van der Waals surface area contributed by atoms with Crippen molar-refractivity contribution < 1.29 is 22.7 Å². The molecule has 1 amide bonds. The molecule has 0 saturated carbocycles. The maximum absolute atomic E-state index is 13.1. The molecule has 9 nitrogen and oxygen atoms in total. The van der Waals surface area contributed by atoms with E-state index in [1.165, 1.54) is 16.4 Å². The van der Waals surface area contributed by atoms with Crippen LogP contribution in [0.25, 0.3) is 0 Å². The highest BCUT2D eigenvalue weighted by atomic mass is 32.2. The van der Waals surface area contributed by atoms with Gasteiger partial charge in [0.2, 0.25) is 5.91 Å². The van der Waals surface area contributed by atoms with Crippen LogP contribution in [0.4, 0.5) is 0 Å². The predicted octanol–water partition coefficient (Wildman–Crippen LogP) is 2.63. The Morgan fingerprint density at radius 3 is 2.50 bits per heavy atom. The van der Waals surface area contributed by atoms with Crippen molar-refractivity contribution in [3.8, 4) is 11.8 Å². The Morgan fingerprint density at radius 1 is 1.14 bits per heavy atom. The van der Waals surface area contributed by atoms with Crippen molar-refractivity contribution in [2.45, 2.75) is 44.8 Å². The van der Waals surface area contributed by atoms with E-state index in [4.69, 9.17) is 4.74 Å². The number of rotatable bonds is 8. The van der Waals surface area contributed by atoms with Gasteiger partial charge in [0.1, 0.15) is 5.75 Å². The number of sulfonamides is 1. The summed E-state index contributed by atoms with van der Waals surface area (Å²) in [6.45, 7) is 3.23. The zero-order valence-corrected chi connectivity index (χ0v) is 21.1. The van der Waals surface area contributed by atoms with Gasteiger partial charge in [-0.2, -0.15) is 9.57 Å². The van der Waals surface area contributed by atoms with Crippen LogP contribution in [0.3, 0.4) is 0 Å². The Hall–Kier alpha value is -3.26. The molecule has 10 heteroatoms. The van der Waals surface area contributed by atoms with Crippen LogP contribution >= 0.6 is 0 Å². The maximum Gasteiger partial charge on any atom is 0.291 e. The van der Waals surface area contributed by atoms with E-state index in [1.54, 1.807) is 29.2 Å². The molecule has 2 aromatic carbocycles. The molecule has 0 radical (unpaired) electrons. The van der Waals surface area contributed by atoms with Gasteiger partial charge in [0.15, 0.2) is 0 Å². The van der Waals surface area contributed by atoms with Crippen LogP contribution < -0.4 is 10.1 Å². The zero-order valence-electron chi connectivity index (χ0n) is 20.3. The summed E-state index contributed by atoms with van der Waals surface area (Å²) >= 11 is 0. The molecule has 2 aliphatic rings. The zero-order chi connectivity index (χ0) is 25.8. The molecule has 0 bridgehead atoms. The van der Waals surface area contributed by atoms with Gasteiger partial charge in [0, 0.05) is 25.2 Å². The number of carbonyl (C=O) groups excluding carboxylic acids is 2. The third-order valence-corrected chi connectivity index (χ3v) is 8.58. The monoisotopic (exact) mass is 510 g/mol. The molecule has 1 spiro atoms. The van der Waals surface area contributed by atoms with Crippen LogP contribution in [0.2, 0.25) is 0 Å². The Labute approximate surface area is 211 Å². The number of amides is 1. The third-order valence-electron chi connectivity index (χ3n) is 6.83. The fourth-order valence-corrected chi connectivity index (χ4v) is 6.01. The average Bonchev–Trinajstić information content (AvgIpc) is 3.19. The third kappa shape index (κ3) is 5.14. The van der Waals surface area contributed by atoms with E-state index < -0.39 is 20.8 Å². The Balaban J connectivity index is 1.44. The van der Waals surface area contributed by atoms with Gasteiger partial charge in [-0.3, -0.25) is 14.9 Å². The average molecular weight is 511 g/mol. The van der Waals surface area contributed by atoms with Crippen molar-refractivity contribution in [2.75, 3.05) is 26.2 Å². The molecule has 4 rings (SSSR count). The molecule has 2 fully saturated rings. The number of ether oxygens (including phenoxy) is 1. The second-order valence-corrected chi connectivity index (χ2v) is 10.9. The van der Waals surface area contributed by atoms with Gasteiger partial charge < -0.3 is 9.64 Å². The lowest BCUT2D eigenvalue weighted by molar-refractivity contribution is -0.132. The fourth-order valence-electron chi connectivity index (χ4n) is 4.68. The highest BCUT2D eigenvalue weighted by Crippen LogP contribution is 2.33.